The number of nitrogens with zero attached hydrogens (tertiary/aromatic N) is 4. The van der Waals surface area contributed by atoms with Gasteiger partial charge in [-0.3, -0.25) is 9.59 Å². The van der Waals surface area contributed by atoms with Crippen LogP contribution in [-0.2, 0) is 13.1 Å². The smallest absolute Gasteiger partial charge is 0.263 e. The number of rotatable bonds is 6. The first kappa shape index (κ1) is 21.5. The standard InChI is InChI=1S/C23H16ClFN6O3/c24-14-8-17(23(33)31(12-14)11-13-3-5-15(25)6-4-13)21(32)28-10-19-29-22(34-30-19)18-9-27-20-16(18)2-1-7-26-20/h1-9,12H,10-11H2,(H,26,27)(H,28,32). The summed E-state index contributed by atoms with van der Waals surface area (Å²) in [5.74, 6) is -0.514. The molecule has 0 radical (unpaired) electrons. The third-order valence-electron chi connectivity index (χ3n) is 5.12. The van der Waals surface area contributed by atoms with E-state index in [4.69, 9.17) is 16.1 Å². The number of carbonyl (C=O) groups excluding carboxylic acids is 1. The Bertz CT molecular complexity index is 1560. The average molecular weight is 479 g/mol. The van der Waals surface area contributed by atoms with Gasteiger partial charge in [0.2, 0.25) is 0 Å². The maximum atomic E-state index is 13.2. The number of carbonyl (C=O) groups is 1. The van der Waals surface area contributed by atoms with Crippen LogP contribution in [0.5, 0.6) is 0 Å². The quantitative estimate of drug-likeness (QED) is 0.385. The Kier molecular flexibility index (Phi) is 5.64. The number of halogens is 2. The summed E-state index contributed by atoms with van der Waals surface area (Å²) >= 11 is 6.14. The molecule has 11 heteroatoms. The number of hydrogen-bond acceptors (Lipinski definition) is 6. The van der Waals surface area contributed by atoms with E-state index in [1.54, 1.807) is 30.6 Å². The monoisotopic (exact) mass is 478 g/mol. The van der Waals surface area contributed by atoms with Crippen molar-refractivity contribution in [2.75, 3.05) is 0 Å². The second-order valence-corrected chi connectivity index (χ2v) is 7.87. The van der Waals surface area contributed by atoms with Crippen molar-refractivity contribution in [1.82, 2.24) is 30.0 Å². The summed E-state index contributed by atoms with van der Waals surface area (Å²) < 4.78 is 19.8. The van der Waals surface area contributed by atoms with Gasteiger partial charge in [-0.1, -0.05) is 28.9 Å². The predicted molar refractivity (Wildman–Crippen MR) is 122 cm³/mol. The molecule has 4 heterocycles. The molecule has 5 aromatic rings. The van der Waals surface area contributed by atoms with Crippen molar-refractivity contribution in [1.29, 1.82) is 0 Å². The average Bonchev–Trinajstić information content (AvgIpc) is 3.48. The van der Waals surface area contributed by atoms with Gasteiger partial charge in [-0.05, 0) is 35.9 Å². The molecule has 0 atom stereocenters. The number of fused-ring (bicyclic) bond motifs is 1. The van der Waals surface area contributed by atoms with Gasteiger partial charge in [-0.15, -0.1) is 0 Å². The lowest BCUT2D eigenvalue weighted by Crippen LogP contribution is -2.33. The van der Waals surface area contributed by atoms with Gasteiger partial charge in [-0.25, -0.2) is 9.37 Å². The highest BCUT2D eigenvalue weighted by Crippen LogP contribution is 2.25. The highest BCUT2D eigenvalue weighted by molar-refractivity contribution is 6.30. The maximum Gasteiger partial charge on any atom is 0.263 e. The zero-order valence-electron chi connectivity index (χ0n) is 17.5. The molecule has 5 rings (SSSR count). The molecular weight excluding hydrogens is 463 g/mol. The van der Waals surface area contributed by atoms with Crippen LogP contribution in [0, 0.1) is 5.82 Å². The van der Waals surface area contributed by atoms with Crippen molar-refractivity contribution in [2.45, 2.75) is 13.1 Å². The van der Waals surface area contributed by atoms with Crippen molar-refractivity contribution in [3.8, 4) is 11.5 Å². The summed E-state index contributed by atoms with van der Waals surface area (Å²) in [4.78, 5) is 37.1. The number of amides is 1. The first-order valence-corrected chi connectivity index (χ1v) is 10.5. The second kappa shape index (κ2) is 8.91. The van der Waals surface area contributed by atoms with Crippen LogP contribution >= 0.6 is 11.6 Å². The van der Waals surface area contributed by atoms with E-state index in [9.17, 15) is 14.0 Å². The van der Waals surface area contributed by atoms with Crippen LogP contribution in [0.1, 0.15) is 21.7 Å². The van der Waals surface area contributed by atoms with E-state index in [0.717, 1.165) is 5.39 Å². The van der Waals surface area contributed by atoms with Crippen molar-refractivity contribution in [2.24, 2.45) is 0 Å². The molecule has 0 fully saturated rings. The summed E-state index contributed by atoms with van der Waals surface area (Å²) in [6, 6.07) is 10.7. The van der Waals surface area contributed by atoms with Crippen LogP contribution in [0.2, 0.25) is 5.02 Å². The Balaban J connectivity index is 1.32. The zero-order valence-corrected chi connectivity index (χ0v) is 18.2. The Hall–Kier alpha value is -4.31. The summed E-state index contributed by atoms with van der Waals surface area (Å²) in [5.41, 5.74) is 1.38. The Morgan fingerprint density at radius 1 is 1.24 bits per heavy atom. The molecule has 0 spiro atoms. The fraction of sp³-hybridized carbons (Fsp3) is 0.0870. The number of nitrogens with one attached hydrogen (secondary N) is 2. The molecule has 0 aliphatic carbocycles. The summed E-state index contributed by atoms with van der Waals surface area (Å²) in [6.07, 6.45) is 4.80. The van der Waals surface area contributed by atoms with Gasteiger partial charge in [0.15, 0.2) is 5.82 Å². The van der Waals surface area contributed by atoms with E-state index >= 15 is 0 Å². The molecule has 1 amide bonds. The molecule has 0 aliphatic rings. The molecule has 4 aromatic heterocycles. The van der Waals surface area contributed by atoms with Crippen LogP contribution < -0.4 is 10.9 Å². The maximum absolute atomic E-state index is 13.2. The fourth-order valence-corrected chi connectivity index (χ4v) is 3.72. The number of pyridine rings is 2. The van der Waals surface area contributed by atoms with Gasteiger partial charge in [0, 0.05) is 24.0 Å². The Morgan fingerprint density at radius 3 is 2.88 bits per heavy atom. The third-order valence-corrected chi connectivity index (χ3v) is 5.33. The van der Waals surface area contributed by atoms with Gasteiger partial charge in [0.25, 0.3) is 17.4 Å². The molecule has 9 nitrogen and oxygen atoms in total. The lowest BCUT2D eigenvalue weighted by Gasteiger charge is -2.09. The van der Waals surface area contributed by atoms with Gasteiger partial charge >= 0.3 is 0 Å². The van der Waals surface area contributed by atoms with E-state index in [2.05, 4.69) is 25.4 Å². The van der Waals surface area contributed by atoms with Crippen LogP contribution in [0.15, 0.2) is 70.4 Å². The van der Waals surface area contributed by atoms with Crippen LogP contribution in [0.3, 0.4) is 0 Å². The topological polar surface area (TPSA) is 119 Å². The molecule has 0 bridgehead atoms. The molecule has 2 N–H and O–H groups in total. The van der Waals surface area contributed by atoms with E-state index in [1.807, 2.05) is 6.07 Å². The lowest BCUT2D eigenvalue weighted by atomic mass is 10.2. The molecule has 0 saturated carbocycles. The lowest BCUT2D eigenvalue weighted by molar-refractivity contribution is 0.0947. The normalized spacial score (nSPS) is 11.1. The van der Waals surface area contributed by atoms with Crippen molar-refractivity contribution >= 4 is 28.5 Å². The highest BCUT2D eigenvalue weighted by atomic mass is 35.5. The van der Waals surface area contributed by atoms with E-state index in [1.165, 1.54) is 29.0 Å². The molecule has 34 heavy (non-hydrogen) atoms. The zero-order chi connectivity index (χ0) is 23.7. The van der Waals surface area contributed by atoms with E-state index < -0.39 is 11.5 Å². The summed E-state index contributed by atoms with van der Waals surface area (Å²) in [5, 5.41) is 7.53. The number of H-pyrrole nitrogens is 1. The molecule has 0 saturated heterocycles. The second-order valence-electron chi connectivity index (χ2n) is 7.43. The van der Waals surface area contributed by atoms with Gasteiger partial charge in [0.05, 0.1) is 23.7 Å². The Morgan fingerprint density at radius 2 is 2.06 bits per heavy atom. The molecule has 170 valence electrons. The van der Waals surface area contributed by atoms with Gasteiger partial charge in [-0.2, -0.15) is 4.98 Å². The molecule has 0 unspecified atom stereocenters. The highest BCUT2D eigenvalue weighted by Gasteiger charge is 2.17. The summed E-state index contributed by atoms with van der Waals surface area (Å²) in [7, 11) is 0. The van der Waals surface area contributed by atoms with Gasteiger partial charge < -0.3 is 19.4 Å². The minimum absolute atomic E-state index is 0.0626. The number of benzene rings is 1. The van der Waals surface area contributed by atoms with E-state index in [0.29, 0.717) is 16.8 Å². The molecule has 0 aliphatic heterocycles. The van der Waals surface area contributed by atoms with Crippen molar-refractivity contribution < 1.29 is 13.7 Å². The number of aromatic nitrogens is 5. The Labute approximate surface area is 196 Å². The minimum Gasteiger partial charge on any atom is -0.345 e. The number of hydrogen-bond donors (Lipinski definition) is 2. The fourth-order valence-electron chi connectivity index (χ4n) is 3.49. The first-order valence-electron chi connectivity index (χ1n) is 10.2. The first-order chi connectivity index (χ1) is 16.5. The van der Waals surface area contributed by atoms with Crippen molar-refractivity contribution in [3.63, 3.8) is 0 Å². The number of aromatic amines is 1. The minimum atomic E-state index is -0.636. The molecule has 1 aromatic carbocycles. The largest absolute Gasteiger partial charge is 0.345 e. The van der Waals surface area contributed by atoms with Gasteiger partial charge in [0.1, 0.15) is 17.0 Å². The summed E-state index contributed by atoms with van der Waals surface area (Å²) in [6.45, 7) is 0.0699. The SMILES string of the molecule is O=C(NCc1noc(-c2c[nH]c3ncccc23)n1)c1cc(Cl)cn(Cc2ccc(F)cc2)c1=O. The predicted octanol–water partition coefficient (Wildman–Crippen LogP) is 3.55. The molecular formula is C23H16ClFN6O3. The van der Waals surface area contributed by atoms with E-state index in [-0.39, 0.29) is 41.2 Å². The third kappa shape index (κ3) is 4.30. The van der Waals surface area contributed by atoms with Crippen LogP contribution in [0.25, 0.3) is 22.5 Å². The van der Waals surface area contributed by atoms with Crippen LogP contribution in [0.4, 0.5) is 4.39 Å². The van der Waals surface area contributed by atoms with Crippen molar-refractivity contribution in [3.05, 3.63) is 99.2 Å². The van der Waals surface area contributed by atoms with Crippen LogP contribution in [-0.4, -0.2) is 30.6 Å².